The summed E-state index contributed by atoms with van der Waals surface area (Å²) in [7, 11) is 0. The first kappa shape index (κ1) is 14.6. The minimum absolute atomic E-state index is 0.0777. The summed E-state index contributed by atoms with van der Waals surface area (Å²) in [6, 6.07) is 5.19. The molecule has 2 fully saturated rings. The number of benzene rings is 1. The van der Waals surface area contributed by atoms with Gasteiger partial charge in [0.05, 0.1) is 18.5 Å². The van der Waals surface area contributed by atoms with E-state index in [4.69, 9.17) is 0 Å². The lowest BCUT2D eigenvalue weighted by Crippen LogP contribution is -2.35. The van der Waals surface area contributed by atoms with Gasteiger partial charge < -0.3 is 9.67 Å². The fourth-order valence-corrected chi connectivity index (χ4v) is 5.59. The van der Waals surface area contributed by atoms with E-state index < -0.39 is 0 Å². The molecule has 0 saturated heterocycles. The molecule has 1 N–H and O–H groups in total. The Kier molecular flexibility index (Phi) is 3.15. The predicted molar refractivity (Wildman–Crippen MR) is 89.2 cm³/mol. The molecule has 2 bridgehead atoms. The van der Waals surface area contributed by atoms with Crippen LogP contribution in [0.5, 0.6) is 0 Å². The predicted octanol–water partition coefficient (Wildman–Crippen LogP) is 3.85. The molecule has 2 atom stereocenters. The molecule has 2 aromatic rings. The van der Waals surface area contributed by atoms with Crippen LogP contribution in [0, 0.1) is 17.2 Å². The van der Waals surface area contributed by atoms with Gasteiger partial charge in [-0.25, -0.2) is 9.37 Å². The molecule has 1 aromatic carbocycles. The van der Waals surface area contributed by atoms with Crippen molar-refractivity contribution in [2.45, 2.75) is 57.1 Å². The van der Waals surface area contributed by atoms with Crippen molar-refractivity contribution in [2.75, 3.05) is 0 Å². The van der Waals surface area contributed by atoms with Crippen LogP contribution in [0.4, 0.5) is 4.39 Å². The lowest BCUT2D eigenvalue weighted by Gasteiger charge is -2.37. The number of aromatic nitrogens is 2. The van der Waals surface area contributed by atoms with Gasteiger partial charge in [0.15, 0.2) is 0 Å². The van der Waals surface area contributed by atoms with Gasteiger partial charge in [0.1, 0.15) is 5.82 Å². The van der Waals surface area contributed by atoms with Crippen molar-refractivity contribution in [1.82, 2.24) is 9.55 Å². The maximum absolute atomic E-state index is 14.6. The quantitative estimate of drug-likeness (QED) is 0.930. The maximum Gasteiger partial charge on any atom is 0.128 e. The highest BCUT2D eigenvalue weighted by Gasteiger charge is 2.50. The monoisotopic (exact) mass is 326 g/mol. The molecular weight excluding hydrogens is 303 g/mol. The zero-order valence-electron chi connectivity index (χ0n) is 13.8. The Morgan fingerprint density at radius 3 is 2.92 bits per heavy atom. The van der Waals surface area contributed by atoms with E-state index in [0.29, 0.717) is 12.8 Å². The summed E-state index contributed by atoms with van der Waals surface area (Å²) in [4.78, 5) is 4.28. The van der Waals surface area contributed by atoms with Crippen molar-refractivity contribution in [1.29, 1.82) is 0 Å². The van der Waals surface area contributed by atoms with Crippen LogP contribution in [-0.2, 0) is 6.42 Å². The standard InChI is InChI=1S/C20H23FN2O/c21-16-3-1-2-14-8-15-11-22-12-23(15)17(19(14)16)9-18(24)20-6-4-13(10-20)5-7-20/h1-3,11-13,17-18,24H,4-10H2. The average Bonchev–Trinajstić information content (AvgIpc) is 3.30. The van der Waals surface area contributed by atoms with Crippen molar-refractivity contribution in [3.8, 4) is 0 Å². The van der Waals surface area contributed by atoms with E-state index in [-0.39, 0.29) is 23.4 Å². The van der Waals surface area contributed by atoms with Crippen LogP contribution in [0.2, 0.25) is 0 Å². The third kappa shape index (κ3) is 2.02. The summed E-state index contributed by atoms with van der Waals surface area (Å²) in [5.41, 5.74) is 2.98. The summed E-state index contributed by atoms with van der Waals surface area (Å²) in [6.45, 7) is 0. The van der Waals surface area contributed by atoms with Gasteiger partial charge in [0, 0.05) is 23.9 Å². The second-order valence-corrected chi connectivity index (χ2v) is 8.06. The molecule has 0 spiro atoms. The lowest BCUT2D eigenvalue weighted by atomic mass is 9.75. The van der Waals surface area contributed by atoms with E-state index in [9.17, 15) is 9.50 Å². The summed E-state index contributed by atoms with van der Waals surface area (Å²) in [6.07, 6.45) is 10.5. The van der Waals surface area contributed by atoms with Crippen molar-refractivity contribution >= 4 is 0 Å². The Labute approximate surface area is 141 Å². The zero-order valence-corrected chi connectivity index (χ0v) is 13.8. The fourth-order valence-electron chi connectivity index (χ4n) is 5.59. The van der Waals surface area contributed by atoms with E-state index in [2.05, 4.69) is 9.55 Å². The SMILES string of the molecule is OC(CC1c2c(F)cccc2Cc2cncn21)C12CCC(CC1)C2. The van der Waals surface area contributed by atoms with Crippen LogP contribution in [-0.4, -0.2) is 20.8 Å². The zero-order chi connectivity index (χ0) is 16.3. The van der Waals surface area contributed by atoms with Crippen LogP contribution < -0.4 is 0 Å². The van der Waals surface area contributed by atoms with Crippen molar-refractivity contribution < 1.29 is 9.50 Å². The number of aliphatic hydroxyl groups is 1. The lowest BCUT2D eigenvalue weighted by molar-refractivity contribution is 0.0163. The van der Waals surface area contributed by atoms with E-state index in [1.165, 1.54) is 12.8 Å². The highest BCUT2D eigenvalue weighted by molar-refractivity contribution is 5.38. The first-order valence-corrected chi connectivity index (χ1v) is 9.12. The third-order valence-corrected chi connectivity index (χ3v) is 6.88. The number of aliphatic hydroxyl groups excluding tert-OH is 1. The summed E-state index contributed by atoms with van der Waals surface area (Å²) in [5, 5.41) is 11.1. The van der Waals surface area contributed by atoms with Crippen LogP contribution >= 0.6 is 0 Å². The number of rotatable bonds is 3. The van der Waals surface area contributed by atoms with Crippen molar-refractivity contribution in [3.63, 3.8) is 0 Å². The Balaban J connectivity index is 1.52. The Hall–Kier alpha value is -1.68. The largest absolute Gasteiger partial charge is 0.392 e. The molecule has 2 unspecified atom stereocenters. The molecule has 0 amide bonds. The van der Waals surface area contributed by atoms with E-state index >= 15 is 0 Å². The molecule has 4 heteroatoms. The third-order valence-electron chi connectivity index (χ3n) is 6.88. The first-order chi connectivity index (χ1) is 11.7. The van der Waals surface area contributed by atoms with Gasteiger partial charge in [-0.15, -0.1) is 0 Å². The molecule has 1 aliphatic heterocycles. The van der Waals surface area contributed by atoms with Crippen LogP contribution in [0.25, 0.3) is 0 Å². The van der Waals surface area contributed by atoms with Gasteiger partial charge in [0.2, 0.25) is 0 Å². The molecule has 0 radical (unpaired) electrons. The van der Waals surface area contributed by atoms with Crippen molar-refractivity contribution in [3.05, 3.63) is 53.4 Å². The molecule has 5 rings (SSSR count). The molecule has 2 heterocycles. The average molecular weight is 326 g/mol. The second-order valence-electron chi connectivity index (χ2n) is 8.06. The highest BCUT2D eigenvalue weighted by atomic mass is 19.1. The molecule has 1 aromatic heterocycles. The number of halogens is 1. The minimum atomic E-state index is -0.365. The minimum Gasteiger partial charge on any atom is -0.392 e. The van der Waals surface area contributed by atoms with Gasteiger partial charge in [-0.1, -0.05) is 12.1 Å². The summed E-state index contributed by atoms with van der Waals surface area (Å²) in [5.74, 6) is 0.649. The summed E-state index contributed by atoms with van der Waals surface area (Å²) >= 11 is 0. The number of fused-ring (bicyclic) bond motifs is 4. The number of hydrogen-bond acceptors (Lipinski definition) is 2. The summed E-state index contributed by atoms with van der Waals surface area (Å²) < 4.78 is 16.7. The maximum atomic E-state index is 14.6. The van der Waals surface area contributed by atoms with E-state index in [1.54, 1.807) is 18.5 Å². The molecular formula is C20H23FN2O. The van der Waals surface area contributed by atoms with E-state index in [0.717, 1.165) is 42.0 Å². The first-order valence-electron chi connectivity index (χ1n) is 9.12. The smallest absolute Gasteiger partial charge is 0.128 e. The van der Waals surface area contributed by atoms with Crippen LogP contribution in [0.3, 0.4) is 0 Å². The molecule has 2 saturated carbocycles. The molecule has 2 aliphatic carbocycles. The van der Waals surface area contributed by atoms with Crippen LogP contribution in [0.15, 0.2) is 30.7 Å². The number of nitrogens with zero attached hydrogens (tertiary/aromatic N) is 2. The number of hydrogen-bond donors (Lipinski definition) is 1. The molecule has 24 heavy (non-hydrogen) atoms. The number of imidazole rings is 1. The molecule has 3 aliphatic rings. The van der Waals surface area contributed by atoms with Crippen LogP contribution in [0.1, 0.15) is 61.4 Å². The van der Waals surface area contributed by atoms with Gasteiger partial charge in [-0.2, -0.15) is 0 Å². The van der Waals surface area contributed by atoms with Gasteiger partial charge in [0.25, 0.3) is 0 Å². The Morgan fingerprint density at radius 1 is 1.33 bits per heavy atom. The highest BCUT2D eigenvalue weighted by Crippen LogP contribution is 2.57. The van der Waals surface area contributed by atoms with Gasteiger partial charge in [-0.3, -0.25) is 0 Å². The Morgan fingerprint density at radius 2 is 2.17 bits per heavy atom. The fraction of sp³-hybridized carbons (Fsp3) is 0.550. The normalized spacial score (nSPS) is 31.8. The molecule has 3 nitrogen and oxygen atoms in total. The Bertz CT molecular complexity index is 776. The van der Waals surface area contributed by atoms with Gasteiger partial charge >= 0.3 is 0 Å². The molecule has 126 valence electrons. The second kappa shape index (κ2) is 5.16. The van der Waals surface area contributed by atoms with E-state index in [1.807, 2.05) is 12.3 Å². The van der Waals surface area contributed by atoms with Crippen molar-refractivity contribution in [2.24, 2.45) is 11.3 Å². The van der Waals surface area contributed by atoms with Gasteiger partial charge in [-0.05, 0) is 61.5 Å². The topological polar surface area (TPSA) is 38.1 Å².